The third-order valence-corrected chi connectivity index (χ3v) is 4.61. The van der Waals surface area contributed by atoms with Crippen molar-refractivity contribution in [1.29, 1.82) is 5.26 Å². The zero-order valence-corrected chi connectivity index (χ0v) is 12.2. The topological polar surface area (TPSA) is 48.7 Å². The Morgan fingerprint density at radius 3 is 2.65 bits per heavy atom. The summed E-state index contributed by atoms with van der Waals surface area (Å²) in [7, 11) is 0. The molecule has 3 rings (SSSR count). The minimum Gasteiger partial charge on any atom is -0.380 e. The molecular weight excluding hydrogens is 286 g/mol. The van der Waals surface area contributed by atoms with Crippen molar-refractivity contribution in [2.45, 2.75) is 6.54 Å². The van der Waals surface area contributed by atoms with Crippen molar-refractivity contribution in [2.24, 2.45) is 0 Å². The molecule has 0 radical (unpaired) electrons. The molecule has 0 atom stereocenters. The van der Waals surface area contributed by atoms with E-state index in [0.717, 1.165) is 32.6 Å². The fourth-order valence-electron chi connectivity index (χ4n) is 1.82. The van der Waals surface area contributed by atoms with Gasteiger partial charge in [0.05, 0.1) is 0 Å². The number of thiophene rings is 1. The van der Waals surface area contributed by atoms with Crippen molar-refractivity contribution < 1.29 is 0 Å². The molecule has 3 nitrogen and oxygen atoms in total. The molecule has 0 amide bonds. The lowest BCUT2D eigenvalue weighted by Crippen LogP contribution is -1.96. The van der Waals surface area contributed by atoms with Crippen LogP contribution < -0.4 is 5.32 Å². The van der Waals surface area contributed by atoms with Crippen molar-refractivity contribution in [3.8, 4) is 16.6 Å². The van der Waals surface area contributed by atoms with E-state index in [2.05, 4.69) is 40.6 Å². The first kappa shape index (κ1) is 12.9. The molecule has 20 heavy (non-hydrogen) atoms. The summed E-state index contributed by atoms with van der Waals surface area (Å²) in [5.41, 5.74) is 2.20. The number of nitrogens with one attached hydrogen (secondary N) is 1. The number of rotatable bonds is 4. The van der Waals surface area contributed by atoms with Crippen LogP contribution in [-0.2, 0) is 6.54 Å². The van der Waals surface area contributed by atoms with Gasteiger partial charge in [-0.3, -0.25) is 0 Å². The lowest BCUT2D eigenvalue weighted by molar-refractivity contribution is 1.19. The Morgan fingerprint density at radius 2 is 2.00 bits per heavy atom. The maximum absolute atomic E-state index is 8.79. The Hall–Kier alpha value is -2.16. The number of benzene rings is 1. The fraction of sp³-hybridized carbons (Fsp3) is 0.0667. The highest BCUT2D eigenvalue weighted by molar-refractivity contribution is 7.13. The predicted molar refractivity (Wildman–Crippen MR) is 83.9 cm³/mol. The third-order valence-electron chi connectivity index (χ3n) is 2.80. The van der Waals surface area contributed by atoms with Gasteiger partial charge in [0, 0.05) is 34.2 Å². The molecule has 0 spiro atoms. The maximum atomic E-state index is 8.79. The minimum absolute atomic E-state index is 0.739. The van der Waals surface area contributed by atoms with E-state index in [1.165, 1.54) is 11.3 Å². The summed E-state index contributed by atoms with van der Waals surface area (Å²) in [5.74, 6) is 0. The number of nitriles is 1. The summed E-state index contributed by atoms with van der Waals surface area (Å²) >= 11 is 3.16. The van der Waals surface area contributed by atoms with Crippen LogP contribution in [0.2, 0.25) is 0 Å². The second-order valence-electron chi connectivity index (χ2n) is 4.15. The summed E-state index contributed by atoms with van der Waals surface area (Å²) in [5, 5.41) is 15.2. The Morgan fingerprint density at radius 1 is 1.15 bits per heavy atom. The molecule has 0 saturated carbocycles. The second kappa shape index (κ2) is 5.87. The number of thiazole rings is 1. The van der Waals surface area contributed by atoms with E-state index < -0.39 is 0 Å². The highest BCUT2D eigenvalue weighted by Crippen LogP contribution is 2.24. The van der Waals surface area contributed by atoms with Gasteiger partial charge in [0.1, 0.15) is 16.0 Å². The van der Waals surface area contributed by atoms with Gasteiger partial charge in [-0.2, -0.15) is 5.26 Å². The van der Waals surface area contributed by atoms with E-state index in [1.54, 1.807) is 11.3 Å². The number of nitrogens with zero attached hydrogens (tertiary/aromatic N) is 2. The highest BCUT2D eigenvalue weighted by atomic mass is 32.1. The van der Waals surface area contributed by atoms with Gasteiger partial charge >= 0.3 is 0 Å². The average molecular weight is 297 g/mol. The summed E-state index contributed by atoms with van der Waals surface area (Å²) in [4.78, 5) is 6.20. The fourth-order valence-corrected chi connectivity index (χ4v) is 3.21. The van der Waals surface area contributed by atoms with Crippen LogP contribution in [0.1, 0.15) is 9.75 Å². The van der Waals surface area contributed by atoms with Crippen LogP contribution in [0, 0.1) is 11.3 Å². The molecule has 0 fully saturated rings. The van der Waals surface area contributed by atoms with E-state index >= 15 is 0 Å². The zero-order chi connectivity index (χ0) is 13.8. The van der Waals surface area contributed by atoms with Crippen LogP contribution in [0.3, 0.4) is 0 Å². The molecule has 0 aliphatic rings. The largest absolute Gasteiger partial charge is 0.380 e. The first-order valence-electron chi connectivity index (χ1n) is 6.08. The molecule has 1 aromatic carbocycles. The summed E-state index contributed by atoms with van der Waals surface area (Å²) in [6.07, 6.45) is 1.82. The van der Waals surface area contributed by atoms with Crippen LogP contribution in [0.4, 0.5) is 5.69 Å². The van der Waals surface area contributed by atoms with Gasteiger partial charge in [-0.05, 0) is 36.4 Å². The smallest absolute Gasteiger partial charge is 0.123 e. The molecular formula is C15H11N3S2. The van der Waals surface area contributed by atoms with E-state index in [9.17, 15) is 0 Å². The highest BCUT2D eigenvalue weighted by Gasteiger charge is 2.01. The molecule has 0 bridgehead atoms. The third kappa shape index (κ3) is 2.87. The monoisotopic (exact) mass is 297 g/mol. The molecule has 5 heteroatoms. The molecule has 0 unspecified atom stereocenters. The van der Waals surface area contributed by atoms with Gasteiger partial charge in [-0.1, -0.05) is 0 Å². The van der Waals surface area contributed by atoms with Crippen LogP contribution in [0.15, 0.2) is 48.0 Å². The lowest BCUT2D eigenvalue weighted by Gasteiger charge is -2.05. The van der Waals surface area contributed by atoms with Crippen molar-refractivity contribution >= 4 is 28.4 Å². The summed E-state index contributed by atoms with van der Waals surface area (Å²) in [6, 6.07) is 14.2. The quantitative estimate of drug-likeness (QED) is 0.778. The van der Waals surface area contributed by atoms with E-state index in [0.29, 0.717) is 0 Å². The van der Waals surface area contributed by atoms with Gasteiger partial charge in [0.15, 0.2) is 0 Å². The second-order valence-corrected chi connectivity index (χ2v) is 6.21. The Labute approximate surface area is 125 Å². The predicted octanol–water partition coefficient (Wildman–Crippen LogP) is 4.36. The first-order chi connectivity index (χ1) is 9.85. The normalized spacial score (nSPS) is 10.2. The number of aromatic nitrogens is 1. The molecule has 0 saturated heterocycles. The molecule has 2 heterocycles. The molecule has 0 aliphatic carbocycles. The Kier molecular flexibility index (Phi) is 3.77. The van der Waals surface area contributed by atoms with Crippen molar-refractivity contribution in [2.75, 3.05) is 5.32 Å². The molecule has 2 aromatic heterocycles. The van der Waals surface area contributed by atoms with Crippen molar-refractivity contribution in [3.05, 3.63) is 57.7 Å². The summed E-state index contributed by atoms with van der Waals surface area (Å²) < 4.78 is 0. The molecule has 1 N–H and O–H groups in total. The van der Waals surface area contributed by atoms with Gasteiger partial charge in [-0.25, -0.2) is 4.98 Å². The summed E-state index contributed by atoms with van der Waals surface area (Å²) in [6.45, 7) is 0.739. The van der Waals surface area contributed by atoms with Crippen LogP contribution in [-0.4, -0.2) is 4.98 Å². The van der Waals surface area contributed by atoms with Crippen molar-refractivity contribution in [3.63, 3.8) is 0 Å². The zero-order valence-electron chi connectivity index (χ0n) is 10.5. The number of hydrogen-bond acceptors (Lipinski definition) is 5. The van der Waals surface area contributed by atoms with Crippen LogP contribution >= 0.6 is 22.7 Å². The standard InChI is InChI=1S/C15H11N3S2/c16-9-13-5-6-14(20-13)10-18-12-3-1-11(2-4-12)15-17-7-8-19-15/h1-8,18H,10H2. The van der Waals surface area contributed by atoms with E-state index in [4.69, 9.17) is 5.26 Å². The number of anilines is 1. The maximum Gasteiger partial charge on any atom is 0.123 e. The molecule has 98 valence electrons. The Balaban J connectivity index is 1.65. The van der Waals surface area contributed by atoms with E-state index in [1.807, 2.05) is 23.7 Å². The average Bonchev–Trinajstić information content (AvgIpc) is 3.17. The number of hydrogen-bond donors (Lipinski definition) is 1. The lowest BCUT2D eigenvalue weighted by atomic mass is 10.2. The SMILES string of the molecule is N#Cc1ccc(CNc2ccc(-c3nccs3)cc2)s1. The Bertz CT molecular complexity index is 721. The van der Waals surface area contributed by atoms with Gasteiger partial charge in [0.25, 0.3) is 0 Å². The molecule has 0 aliphatic heterocycles. The van der Waals surface area contributed by atoms with Gasteiger partial charge < -0.3 is 5.32 Å². The van der Waals surface area contributed by atoms with Gasteiger partial charge in [0.2, 0.25) is 0 Å². The van der Waals surface area contributed by atoms with Crippen LogP contribution in [0.25, 0.3) is 10.6 Å². The van der Waals surface area contributed by atoms with E-state index in [-0.39, 0.29) is 0 Å². The van der Waals surface area contributed by atoms with Crippen molar-refractivity contribution in [1.82, 2.24) is 4.98 Å². The van der Waals surface area contributed by atoms with Crippen LogP contribution in [0.5, 0.6) is 0 Å². The minimum atomic E-state index is 0.739. The van der Waals surface area contributed by atoms with Gasteiger partial charge in [-0.15, -0.1) is 22.7 Å². The molecule has 3 aromatic rings. The first-order valence-corrected chi connectivity index (χ1v) is 7.77.